The molecule has 1 saturated heterocycles. The van der Waals surface area contributed by atoms with Crippen LogP contribution in [0.4, 0.5) is 10.5 Å². The standard InChI is InChI=1S/C73H104N12O14S/c1-5-6-9-19-47(66(95)82-50-25-22-46(23-26-50)42-99-70(97)81-41-60(90)73(98)31-29-53-52-27-24-49-38-51(86)28-30-71(49,3)63(52)58(89)40-72(53,73)4)36-57(88)55(35-45-17-10-7-11-18-45)83-61(91)21-12-8-13-34-85-62(92)39-59(67(85)96)100-43-48(64(74)93)37-56(87)54(20-15-33-80-69(77)78)84-65(94)44(2)16-14-32-79-68(75)76/h7,10-11,17-18,22-23,25-26,38,44,47-48,52-55,59,63,98H,5-6,8-9,12-16,19-21,24,27-37,39-43H2,1-4H3,(H2,74,93)(H,81,97)(H,82,95)(H,83,91)(H,84,94)(H4,75,76,79)(H4,77,78,80)/t44-,47-,48-,52+,53+,54-,55+,59?,63-,71+,72+,73+/m1/s1. The molecule has 7 rings (SSSR count). The van der Waals surface area contributed by atoms with Crippen LogP contribution in [0.15, 0.2) is 76.2 Å². The average molecular weight is 1410 g/mol. The first-order valence-corrected chi connectivity index (χ1v) is 36.5. The Morgan fingerprint density at radius 1 is 0.740 bits per heavy atom. The molecule has 100 heavy (non-hydrogen) atoms. The molecule has 0 spiro atoms. The molecule has 2 aromatic rings. The number of guanidine groups is 2. The van der Waals surface area contributed by atoms with Crippen LogP contribution in [0.2, 0.25) is 0 Å². The van der Waals surface area contributed by atoms with Crippen molar-refractivity contribution in [1.29, 1.82) is 0 Å². The highest BCUT2D eigenvalue weighted by Crippen LogP contribution is 2.66. The Labute approximate surface area is 589 Å². The molecule has 15 N–H and O–H groups in total. The van der Waals surface area contributed by atoms with E-state index in [1.54, 1.807) is 37.3 Å². The minimum atomic E-state index is -1.83. The van der Waals surface area contributed by atoms with Gasteiger partial charge in [0.15, 0.2) is 35.1 Å². The number of aliphatic hydroxyl groups is 1. The number of imide groups is 1. The number of hydrogen-bond acceptors (Lipinski definition) is 17. The molecule has 546 valence electrons. The number of allylic oxidation sites excluding steroid dienone is 1. The van der Waals surface area contributed by atoms with Gasteiger partial charge in [0, 0.05) is 92.8 Å². The molecule has 4 aliphatic carbocycles. The Bertz CT molecular complexity index is 3390. The van der Waals surface area contributed by atoms with E-state index in [0.29, 0.717) is 101 Å². The third-order valence-electron chi connectivity index (χ3n) is 21.3. The van der Waals surface area contributed by atoms with Crippen molar-refractivity contribution < 1.29 is 67.4 Å². The molecular formula is C73H104N12O14S. The Kier molecular flexibility index (Phi) is 29.1. The fourth-order valence-corrected chi connectivity index (χ4v) is 16.7. The van der Waals surface area contributed by atoms with Gasteiger partial charge in [0.1, 0.15) is 18.0 Å². The van der Waals surface area contributed by atoms with Gasteiger partial charge in [-0.05, 0) is 130 Å². The number of fused-ring (bicyclic) bond motifs is 5. The molecule has 1 aliphatic heterocycles. The zero-order valence-electron chi connectivity index (χ0n) is 58.4. The number of ether oxygens (including phenoxy) is 1. The van der Waals surface area contributed by atoms with E-state index < -0.39 is 93.4 Å². The third-order valence-corrected chi connectivity index (χ3v) is 22.6. The lowest BCUT2D eigenvalue weighted by atomic mass is 9.46. The summed E-state index contributed by atoms with van der Waals surface area (Å²) in [6, 6.07) is 13.9. The van der Waals surface area contributed by atoms with E-state index in [1.807, 2.05) is 44.2 Å². The van der Waals surface area contributed by atoms with Crippen LogP contribution in [0, 0.1) is 46.3 Å². The predicted molar refractivity (Wildman–Crippen MR) is 379 cm³/mol. The smallest absolute Gasteiger partial charge is 0.407 e. The molecule has 0 bridgehead atoms. The summed E-state index contributed by atoms with van der Waals surface area (Å²) in [5.41, 5.74) is 27.1. The van der Waals surface area contributed by atoms with E-state index in [1.165, 1.54) is 0 Å². The summed E-state index contributed by atoms with van der Waals surface area (Å²) < 4.78 is 5.45. The topological polar surface area (TPSA) is 440 Å². The van der Waals surface area contributed by atoms with Gasteiger partial charge < -0.3 is 59.8 Å². The van der Waals surface area contributed by atoms with Crippen LogP contribution >= 0.6 is 11.8 Å². The molecule has 0 radical (unpaired) electrons. The van der Waals surface area contributed by atoms with Gasteiger partial charge in [0.05, 0.1) is 29.8 Å². The summed E-state index contributed by atoms with van der Waals surface area (Å²) in [6.07, 6.45) is 9.15. The van der Waals surface area contributed by atoms with Gasteiger partial charge in [0.2, 0.25) is 35.4 Å². The van der Waals surface area contributed by atoms with Crippen molar-refractivity contribution >= 4 is 99.8 Å². The minimum absolute atomic E-state index is 0.0128. The number of ketones is 5. The molecule has 5 aliphatic rings. The van der Waals surface area contributed by atoms with Gasteiger partial charge in [-0.15, -0.1) is 11.8 Å². The zero-order valence-corrected chi connectivity index (χ0v) is 59.2. The van der Waals surface area contributed by atoms with Crippen molar-refractivity contribution in [2.45, 2.75) is 205 Å². The molecule has 0 aromatic heterocycles. The number of nitrogens with zero attached hydrogens (tertiary/aromatic N) is 3. The quantitative estimate of drug-likeness (QED) is 0.0171. The summed E-state index contributed by atoms with van der Waals surface area (Å²) in [7, 11) is 0. The predicted octanol–water partition coefficient (Wildman–Crippen LogP) is 5.46. The summed E-state index contributed by atoms with van der Waals surface area (Å²) >= 11 is 1.06. The number of benzene rings is 2. The summed E-state index contributed by atoms with van der Waals surface area (Å²) in [5.74, 6) is -6.88. The molecule has 26 nitrogen and oxygen atoms in total. The maximum absolute atomic E-state index is 14.3. The highest BCUT2D eigenvalue weighted by Gasteiger charge is 2.68. The van der Waals surface area contributed by atoms with Crippen LogP contribution in [-0.4, -0.2) is 147 Å². The van der Waals surface area contributed by atoms with E-state index >= 15 is 0 Å². The van der Waals surface area contributed by atoms with Gasteiger partial charge in [0.25, 0.3) is 0 Å². The van der Waals surface area contributed by atoms with Crippen LogP contribution in [-0.2, 0) is 70.5 Å². The molecular weight excluding hydrogens is 1300 g/mol. The number of carbonyl (C=O) groups is 12. The zero-order chi connectivity index (χ0) is 72.9. The molecule has 1 unspecified atom stereocenters. The Balaban J connectivity index is 0.851. The van der Waals surface area contributed by atoms with E-state index in [9.17, 15) is 62.6 Å². The van der Waals surface area contributed by atoms with E-state index in [-0.39, 0.29) is 142 Å². The van der Waals surface area contributed by atoms with Crippen molar-refractivity contribution in [1.82, 2.24) is 20.9 Å². The number of carbonyl (C=O) groups excluding carboxylic acids is 12. The summed E-state index contributed by atoms with van der Waals surface area (Å²) in [5, 5.41) is 22.5. The van der Waals surface area contributed by atoms with Gasteiger partial charge in [-0.2, -0.15) is 0 Å². The SMILES string of the molecule is CCCCC[C@H](CC(=O)[C@H](Cc1ccccc1)NC(=O)CCCCCN1C(=O)CC(SC[C@@H](CC(=O)[C@@H](CCCN=C(N)N)NC(=O)[C@H](C)CCCN=C(N)N)C(N)=O)C1=O)C(=O)Nc1ccc(COC(=O)NCC(=O)[C@@]2(O)CC[C@H]3[C@@H]4CCC5=CC(=O)CC[C@]5(C)[C@H]4C(=O)C[C@@]32C)cc1. The highest BCUT2D eigenvalue weighted by atomic mass is 32.2. The molecule has 1 heterocycles. The van der Waals surface area contributed by atoms with E-state index in [2.05, 4.69) is 38.2 Å². The molecule has 4 fully saturated rings. The number of aliphatic imine (C=N–C) groups is 2. The first-order chi connectivity index (χ1) is 47.6. The maximum atomic E-state index is 14.3. The fourth-order valence-electron chi connectivity index (χ4n) is 15.5. The number of anilines is 1. The fraction of sp³-hybridized carbons (Fsp3) is 0.616. The van der Waals surface area contributed by atoms with Crippen molar-refractivity contribution in [3.05, 3.63) is 77.4 Å². The van der Waals surface area contributed by atoms with Crippen molar-refractivity contribution in [2.75, 3.05) is 37.2 Å². The number of amides is 7. The lowest BCUT2D eigenvalue weighted by Crippen LogP contribution is -2.61. The maximum Gasteiger partial charge on any atom is 0.407 e. The molecule has 27 heteroatoms. The Morgan fingerprint density at radius 2 is 1.42 bits per heavy atom. The molecule has 12 atom stereocenters. The van der Waals surface area contributed by atoms with Gasteiger partial charge in [-0.1, -0.05) is 101 Å². The van der Waals surface area contributed by atoms with Crippen LogP contribution in [0.1, 0.15) is 180 Å². The number of Topliss-reactive ketones (excluding diaryl/α,β-unsaturated/α-hetero) is 4. The number of hydrogen-bond donors (Lipinski definition) is 10. The number of unbranched alkanes of at least 4 members (excludes halogenated alkanes) is 4. The minimum Gasteiger partial charge on any atom is -0.445 e. The van der Waals surface area contributed by atoms with Crippen LogP contribution < -0.4 is 49.9 Å². The number of likely N-dealkylation sites (tertiary alicyclic amines) is 1. The van der Waals surface area contributed by atoms with Crippen LogP contribution in [0.3, 0.4) is 0 Å². The summed E-state index contributed by atoms with van der Waals surface area (Å²) in [6.45, 7) is 7.59. The normalized spacial score (nSPS) is 23.8. The second-order valence-corrected chi connectivity index (χ2v) is 29.6. The Morgan fingerprint density at radius 3 is 2.10 bits per heavy atom. The second-order valence-electron chi connectivity index (χ2n) is 28.4. The Hall–Kier alpha value is -8.33. The van der Waals surface area contributed by atoms with Gasteiger partial charge >= 0.3 is 6.09 Å². The van der Waals surface area contributed by atoms with Crippen LogP contribution in [0.5, 0.6) is 0 Å². The number of thioether (sulfide) groups is 1. The second kappa shape index (κ2) is 36.8. The summed E-state index contributed by atoms with van der Waals surface area (Å²) in [4.78, 5) is 171. The lowest BCUT2D eigenvalue weighted by molar-refractivity contribution is -0.168. The monoisotopic (exact) mass is 1400 g/mol. The van der Waals surface area contributed by atoms with Crippen molar-refractivity contribution in [3.8, 4) is 0 Å². The van der Waals surface area contributed by atoms with E-state index in [4.69, 9.17) is 33.4 Å². The third kappa shape index (κ3) is 21.1. The van der Waals surface area contributed by atoms with Crippen molar-refractivity contribution in [3.63, 3.8) is 0 Å². The molecule has 2 aromatic carbocycles. The first-order valence-electron chi connectivity index (χ1n) is 35.4. The average Bonchev–Trinajstić information content (AvgIpc) is 1.43. The van der Waals surface area contributed by atoms with Crippen LogP contribution in [0.25, 0.3) is 0 Å². The number of nitrogens with one attached hydrogen (secondary N) is 4. The number of nitrogens with two attached hydrogens (primary N) is 5. The van der Waals surface area contributed by atoms with E-state index in [0.717, 1.165) is 40.6 Å². The largest absolute Gasteiger partial charge is 0.445 e. The molecule has 7 amide bonds. The lowest BCUT2D eigenvalue weighted by Gasteiger charge is -2.57. The number of alkyl carbamates (subject to hydrolysis) is 1. The van der Waals surface area contributed by atoms with Gasteiger partial charge in [-0.25, -0.2) is 4.79 Å². The van der Waals surface area contributed by atoms with Gasteiger partial charge in [-0.3, -0.25) is 67.6 Å². The molecule has 3 saturated carbocycles. The van der Waals surface area contributed by atoms with Crippen molar-refractivity contribution in [2.24, 2.45) is 85.0 Å². The first kappa shape index (κ1) is 79.0. The number of rotatable bonds is 40. The highest BCUT2D eigenvalue weighted by molar-refractivity contribution is 8.00. The number of primary amides is 1.